The van der Waals surface area contributed by atoms with Crippen LogP contribution in [-0.2, 0) is 14.3 Å². The number of nitro groups is 1. The van der Waals surface area contributed by atoms with Gasteiger partial charge in [0, 0.05) is 17.8 Å². The number of ether oxygens (including phenoxy) is 2. The molecule has 0 amide bonds. The minimum Gasteiger partial charge on any atom is -0.462 e. The number of nitrogens with one attached hydrogen (secondary N) is 1. The van der Waals surface area contributed by atoms with Crippen molar-refractivity contribution in [3.8, 4) is 0 Å². The lowest BCUT2D eigenvalue weighted by Crippen LogP contribution is -2.24. The molecule has 0 unspecified atom stereocenters. The summed E-state index contributed by atoms with van der Waals surface area (Å²) in [5, 5.41) is 11.0. The number of esters is 2. The van der Waals surface area contributed by atoms with E-state index >= 15 is 0 Å². The number of H-pyrrole nitrogens is 1. The number of carbonyl (C=O) groups is 3. The lowest BCUT2D eigenvalue weighted by Gasteiger charge is -2.10. The van der Waals surface area contributed by atoms with Gasteiger partial charge in [0.05, 0.1) is 28.4 Å². The minimum atomic E-state index is -1.14. The number of rotatable bonds is 8. The maximum absolute atomic E-state index is 12.7. The van der Waals surface area contributed by atoms with Crippen LogP contribution in [0.5, 0.6) is 0 Å². The van der Waals surface area contributed by atoms with Crippen LogP contribution in [-0.4, -0.2) is 40.3 Å². The zero-order chi connectivity index (χ0) is 22.4. The molecule has 0 fully saturated rings. The van der Waals surface area contributed by atoms with E-state index in [1.165, 1.54) is 31.2 Å². The maximum Gasteiger partial charge on any atom is 0.340 e. The summed E-state index contributed by atoms with van der Waals surface area (Å²) in [4.78, 5) is 50.1. The zero-order valence-corrected chi connectivity index (χ0v) is 17.1. The normalized spacial score (nSPS) is 11.9. The van der Waals surface area contributed by atoms with Crippen LogP contribution in [0.2, 0.25) is 0 Å². The third-order valence-corrected chi connectivity index (χ3v) is 4.36. The summed E-state index contributed by atoms with van der Waals surface area (Å²) in [5.74, 6) is -1.89. The maximum atomic E-state index is 12.7. The molecule has 0 bridgehead atoms. The molecular weight excluding hydrogens is 392 g/mol. The first-order chi connectivity index (χ1) is 14.2. The molecule has 0 spiro atoms. The number of hydrogen-bond donors (Lipinski definition) is 1. The third kappa shape index (κ3) is 4.99. The van der Waals surface area contributed by atoms with Crippen molar-refractivity contribution in [3.63, 3.8) is 0 Å². The van der Waals surface area contributed by atoms with Crippen molar-refractivity contribution in [1.29, 1.82) is 0 Å². The average molecular weight is 414 g/mol. The van der Waals surface area contributed by atoms with Crippen LogP contribution < -0.4 is 0 Å². The van der Waals surface area contributed by atoms with Gasteiger partial charge in [-0.1, -0.05) is 12.1 Å². The highest BCUT2D eigenvalue weighted by atomic mass is 16.6. The van der Waals surface area contributed by atoms with Crippen molar-refractivity contribution in [3.05, 3.63) is 68.5 Å². The van der Waals surface area contributed by atoms with E-state index in [0.29, 0.717) is 11.3 Å². The molecule has 30 heavy (non-hydrogen) atoms. The Morgan fingerprint density at radius 1 is 1.23 bits per heavy atom. The van der Waals surface area contributed by atoms with E-state index in [1.54, 1.807) is 26.8 Å². The molecule has 2 rings (SSSR count). The summed E-state index contributed by atoms with van der Waals surface area (Å²) < 4.78 is 10.1. The first-order valence-corrected chi connectivity index (χ1v) is 9.19. The molecule has 1 heterocycles. The molecule has 2 aromatic rings. The molecule has 0 saturated heterocycles. The minimum absolute atomic E-state index is 0.151. The highest BCUT2D eigenvalue weighted by Crippen LogP contribution is 2.22. The smallest absolute Gasteiger partial charge is 0.340 e. The quantitative estimate of drug-likeness (QED) is 0.230. The number of nitro benzene ring substituents is 1. The number of Topliss-reactive ketones (excluding diaryl/α,β-unsaturated/α-hetero) is 1. The molecule has 1 aromatic carbocycles. The molecule has 1 N–H and O–H groups in total. The van der Waals surface area contributed by atoms with Gasteiger partial charge in [-0.25, -0.2) is 9.59 Å². The number of para-hydroxylation sites is 1. The Morgan fingerprint density at radius 2 is 1.90 bits per heavy atom. The van der Waals surface area contributed by atoms with Crippen molar-refractivity contribution in [2.45, 2.75) is 33.8 Å². The Balaban J connectivity index is 2.13. The van der Waals surface area contributed by atoms with Gasteiger partial charge >= 0.3 is 11.9 Å². The summed E-state index contributed by atoms with van der Waals surface area (Å²) in [6.45, 7) is 6.53. The largest absolute Gasteiger partial charge is 0.462 e. The van der Waals surface area contributed by atoms with Gasteiger partial charge in [-0.3, -0.25) is 14.9 Å². The molecule has 0 radical (unpaired) electrons. The van der Waals surface area contributed by atoms with Gasteiger partial charge in [-0.05, 0) is 45.4 Å². The fraction of sp³-hybridized carbons (Fsp3) is 0.286. The molecule has 9 nitrogen and oxygen atoms in total. The Hall–Kier alpha value is -3.75. The molecule has 1 aromatic heterocycles. The Kier molecular flexibility index (Phi) is 7.24. The molecular formula is C21H22N2O7. The first kappa shape index (κ1) is 22.5. The molecule has 0 saturated carbocycles. The SMILES string of the molecule is CCOC(=O)c1c(C)[nH]c(C(=O)[C@@H](C)OC(=O)/C=C/c2ccccc2[N+](=O)[O-])c1C. The third-order valence-electron chi connectivity index (χ3n) is 4.36. The van der Waals surface area contributed by atoms with Gasteiger partial charge in [-0.15, -0.1) is 0 Å². The number of hydrogen-bond acceptors (Lipinski definition) is 7. The monoisotopic (exact) mass is 414 g/mol. The number of ketones is 1. The predicted molar refractivity (Wildman–Crippen MR) is 108 cm³/mol. The Labute approximate surface area is 172 Å². The summed E-state index contributed by atoms with van der Waals surface area (Å²) in [7, 11) is 0. The topological polar surface area (TPSA) is 129 Å². The molecule has 0 aliphatic rings. The molecule has 0 aliphatic carbocycles. The van der Waals surface area contributed by atoms with Crippen molar-refractivity contribution in [1.82, 2.24) is 4.98 Å². The van der Waals surface area contributed by atoms with Gasteiger partial charge in [0.25, 0.3) is 5.69 Å². The molecule has 0 aliphatic heterocycles. The van der Waals surface area contributed by atoms with Crippen molar-refractivity contribution >= 4 is 29.5 Å². The van der Waals surface area contributed by atoms with Crippen molar-refractivity contribution in [2.75, 3.05) is 6.61 Å². The van der Waals surface area contributed by atoms with Gasteiger partial charge < -0.3 is 14.5 Å². The van der Waals surface area contributed by atoms with E-state index in [-0.39, 0.29) is 29.1 Å². The van der Waals surface area contributed by atoms with E-state index in [4.69, 9.17) is 9.47 Å². The second-order valence-electron chi connectivity index (χ2n) is 6.44. The lowest BCUT2D eigenvalue weighted by atomic mass is 10.1. The van der Waals surface area contributed by atoms with Crippen LogP contribution in [0.3, 0.4) is 0 Å². The fourth-order valence-electron chi connectivity index (χ4n) is 2.93. The van der Waals surface area contributed by atoms with E-state index in [0.717, 1.165) is 6.08 Å². The van der Waals surface area contributed by atoms with E-state index in [1.807, 2.05) is 0 Å². The Morgan fingerprint density at radius 3 is 2.53 bits per heavy atom. The predicted octanol–water partition coefficient (Wildman–Crippen LogP) is 3.54. The van der Waals surface area contributed by atoms with Crippen LogP contribution >= 0.6 is 0 Å². The first-order valence-electron chi connectivity index (χ1n) is 9.19. The highest BCUT2D eigenvalue weighted by molar-refractivity contribution is 6.04. The number of carbonyl (C=O) groups excluding carboxylic acids is 3. The second-order valence-corrected chi connectivity index (χ2v) is 6.44. The second kappa shape index (κ2) is 9.64. The molecule has 158 valence electrons. The fourth-order valence-corrected chi connectivity index (χ4v) is 2.93. The highest BCUT2D eigenvalue weighted by Gasteiger charge is 2.27. The van der Waals surface area contributed by atoms with Crippen LogP contribution in [0.4, 0.5) is 5.69 Å². The van der Waals surface area contributed by atoms with Gasteiger partial charge in [0.2, 0.25) is 5.78 Å². The summed E-state index contributed by atoms with van der Waals surface area (Å²) in [6, 6.07) is 5.91. The molecule has 1 atom stereocenters. The molecule has 9 heteroatoms. The zero-order valence-electron chi connectivity index (χ0n) is 17.1. The summed E-state index contributed by atoms with van der Waals surface area (Å²) in [6.07, 6.45) is 1.13. The number of aromatic nitrogens is 1. The van der Waals surface area contributed by atoms with Gasteiger partial charge in [0.15, 0.2) is 6.10 Å². The van der Waals surface area contributed by atoms with Crippen LogP contribution in [0.1, 0.15) is 51.5 Å². The van der Waals surface area contributed by atoms with E-state index in [9.17, 15) is 24.5 Å². The Bertz CT molecular complexity index is 1020. The van der Waals surface area contributed by atoms with Crippen LogP contribution in [0, 0.1) is 24.0 Å². The lowest BCUT2D eigenvalue weighted by molar-refractivity contribution is -0.385. The number of aryl methyl sites for hydroxylation is 1. The number of nitrogens with zero attached hydrogens (tertiary/aromatic N) is 1. The average Bonchev–Trinajstić information content (AvgIpc) is 3.00. The standard InChI is InChI=1S/C21H22N2O7/c1-5-29-21(26)18-12(2)19(22-13(18)3)20(25)14(4)30-17(24)11-10-15-8-6-7-9-16(15)23(27)28/h6-11,14,22H,5H2,1-4H3/b11-10+/t14-/m1/s1. The summed E-state index contributed by atoms with van der Waals surface area (Å²) in [5.41, 5.74) is 1.38. The number of benzene rings is 1. The van der Waals surface area contributed by atoms with Crippen molar-refractivity contribution in [2.24, 2.45) is 0 Å². The van der Waals surface area contributed by atoms with Crippen molar-refractivity contribution < 1.29 is 28.8 Å². The van der Waals surface area contributed by atoms with Crippen LogP contribution in [0.25, 0.3) is 6.08 Å². The van der Waals surface area contributed by atoms with E-state index < -0.39 is 28.7 Å². The van der Waals surface area contributed by atoms with Gasteiger partial charge in [-0.2, -0.15) is 0 Å². The summed E-state index contributed by atoms with van der Waals surface area (Å²) >= 11 is 0. The van der Waals surface area contributed by atoms with Gasteiger partial charge in [0.1, 0.15) is 0 Å². The van der Waals surface area contributed by atoms with E-state index in [2.05, 4.69) is 4.98 Å². The van der Waals surface area contributed by atoms with Crippen LogP contribution in [0.15, 0.2) is 30.3 Å². The number of aromatic amines is 1.